The number of halogens is 3. The van der Waals surface area contributed by atoms with Gasteiger partial charge in [-0.1, -0.05) is 26.2 Å². The molecule has 2 N–H and O–H groups in total. The second kappa shape index (κ2) is 6.56. The smallest absolute Gasteiger partial charge is 0.367 e. The van der Waals surface area contributed by atoms with E-state index >= 15 is 0 Å². The van der Waals surface area contributed by atoms with Crippen LogP contribution in [0, 0.1) is 0 Å². The zero-order chi connectivity index (χ0) is 14.5. The number of amides is 1. The predicted molar refractivity (Wildman–Crippen MR) is 61.9 cm³/mol. The lowest BCUT2D eigenvalue weighted by atomic mass is 9.90. The van der Waals surface area contributed by atoms with Crippen LogP contribution in [0.5, 0.6) is 0 Å². The third-order valence-corrected chi connectivity index (χ3v) is 3.16. The Bertz CT molecular complexity index is 303. The Morgan fingerprint density at radius 2 is 2.00 bits per heavy atom. The van der Waals surface area contributed by atoms with Gasteiger partial charge in [0.15, 0.2) is 5.79 Å². The third kappa shape index (κ3) is 5.36. The molecule has 19 heavy (non-hydrogen) atoms. The molecule has 1 unspecified atom stereocenters. The maximum atomic E-state index is 12.3. The van der Waals surface area contributed by atoms with E-state index in [2.05, 4.69) is 4.74 Å². The van der Waals surface area contributed by atoms with Crippen LogP contribution in [-0.4, -0.2) is 24.2 Å². The first-order chi connectivity index (χ1) is 8.78. The number of hydrogen-bond donors (Lipinski definition) is 1. The van der Waals surface area contributed by atoms with Crippen LogP contribution in [0.1, 0.15) is 51.9 Å². The summed E-state index contributed by atoms with van der Waals surface area (Å²) in [5.41, 5.74) is 5.17. The van der Waals surface area contributed by atoms with Gasteiger partial charge in [0, 0.05) is 12.8 Å². The van der Waals surface area contributed by atoms with Gasteiger partial charge in [0.2, 0.25) is 5.91 Å². The second-order valence-electron chi connectivity index (χ2n) is 4.82. The SMILES string of the molecule is CCCCCC(OC1(OC(F)(F)F)CCC1)C(N)=O. The summed E-state index contributed by atoms with van der Waals surface area (Å²) in [7, 11) is 0. The van der Waals surface area contributed by atoms with Crippen LogP contribution >= 0.6 is 0 Å². The first-order valence-electron chi connectivity index (χ1n) is 6.52. The highest BCUT2D eigenvalue weighted by Gasteiger charge is 2.50. The van der Waals surface area contributed by atoms with Crippen LogP contribution in [-0.2, 0) is 14.3 Å². The van der Waals surface area contributed by atoms with Gasteiger partial charge in [-0.25, -0.2) is 0 Å². The Morgan fingerprint density at radius 3 is 2.37 bits per heavy atom. The summed E-state index contributed by atoms with van der Waals surface area (Å²) in [6.07, 6.45) is -2.13. The van der Waals surface area contributed by atoms with Crippen molar-refractivity contribution in [3.8, 4) is 0 Å². The van der Waals surface area contributed by atoms with Crippen molar-refractivity contribution in [1.82, 2.24) is 0 Å². The fraction of sp³-hybridized carbons (Fsp3) is 0.917. The molecule has 0 aromatic heterocycles. The predicted octanol–water partition coefficient (Wildman–Crippen LogP) is 2.85. The quantitative estimate of drug-likeness (QED) is 0.550. The van der Waals surface area contributed by atoms with E-state index < -0.39 is 24.2 Å². The van der Waals surface area contributed by atoms with Crippen LogP contribution in [0.25, 0.3) is 0 Å². The van der Waals surface area contributed by atoms with Crippen LogP contribution < -0.4 is 5.73 Å². The van der Waals surface area contributed by atoms with Crippen molar-refractivity contribution < 1.29 is 27.4 Å². The van der Waals surface area contributed by atoms with Gasteiger partial charge in [-0.05, 0) is 12.8 Å². The number of alkyl halides is 3. The van der Waals surface area contributed by atoms with Crippen molar-refractivity contribution in [2.75, 3.05) is 0 Å². The molecule has 1 aliphatic carbocycles. The highest BCUT2D eigenvalue weighted by molar-refractivity contribution is 5.78. The average molecular weight is 283 g/mol. The molecule has 0 aromatic carbocycles. The van der Waals surface area contributed by atoms with E-state index in [1.807, 2.05) is 6.92 Å². The number of hydrogen-bond acceptors (Lipinski definition) is 3. The number of ether oxygens (including phenoxy) is 2. The zero-order valence-corrected chi connectivity index (χ0v) is 11.0. The van der Waals surface area contributed by atoms with E-state index in [4.69, 9.17) is 10.5 Å². The Labute approximate surface area is 110 Å². The molecule has 0 heterocycles. The van der Waals surface area contributed by atoms with Crippen LogP contribution in [0.4, 0.5) is 13.2 Å². The van der Waals surface area contributed by atoms with Crippen LogP contribution in [0.2, 0.25) is 0 Å². The van der Waals surface area contributed by atoms with Crippen LogP contribution in [0.3, 0.4) is 0 Å². The van der Waals surface area contributed by atoms with Gasteiger partial charge in [-0.3, -0.25) is 9.53 Å². The molecule has 4 nitrogen and oxygen atoms in total. The van der Waals surface area contributed by atoms with Crippen LogP contribution in [0.15, 0.2) is 0 Å². The van der Waals surface area contributed by atoms with Gasteiger partial charge < -0.3 is 10.5 Å². The molecule has 1 fully saturated rings. The summed E-state index contributed by atoms with van der Waals surface area (Å²) in [4.78, 5) is 11.2. The normalized spacial score (nSPS) is 19.8. The Hall–Kier alpha value is -0.820. The summed E-state index contributed by atoms with van der Waals surface area (Å²) in [5, 5.41) is 0. The molecule has 0 spiro atoms. The summed E-state index contributed by atoms with van der Waals surface area (Å²) in [5.74, 6) is -2.46. The molecule has 1 saturated carbocycles. The topological polar surface area (TPSA) is 61.6 Å². The lowest BCUT2D eigenvalue weighted by Gasteiger charge is -2.42. The van der Waals surface area contributed by atoms with Crippen molar-refractivity contribution >= 4 is 5.91 Å². The average Bonchev–Trinajstić information content (AvgIpc) is 2.22. The van der Waals surface area contributed by atoms with Gasteiger partial charge in [-0.15, -0.1) is 13.2 Å². The number of nitrogens with two attached hydrogens (primary N) is 1. The Balaban J connectivity index is 2.57. The monoisotopic (exact) mass is 283 g/mol. The van der Waals surface area contributed by atoms with E-state index in [9.17, 15) is 18.0 Å². The van der Waals surface area contributed by atoms with Gasteiger partial charge >= 0.3 is 6.36 Å². The molecule has 112 valence electrons. The van der Waals surface area contributed by atoms with E-state index in [1.54, 1.807) is 0 Å². The number of rotatable bonds is 8. The molecular weight excluding hydrogens is 263 g/mol. The van der Waals surface area contributed by atoms with E-state index in [-0.39, 0.29) is 12.8 Å². The molecule has 0 aromatic rings. The highest BCUT2D eigenvalue weighted by atomic mass is 19.4. The molecule has 7 heteroatoms. The molecular formula is C12H20F3NO3. The van der Waals surface area contributed by atoms with E-state index in [1.165, 1.54) is 0 Å². The number of primary amides is 1. The Kier molecular flexibility index (Phi) is 5.61. The molecule has 1 atom stereocenters. The maximum Gasteiger partial charge on any atom is 0.524 e. The lowest BCUT2D eigenvalue weighted by Crippen LogP contribution is -2.51. The summed E-state index contributed by atoms with van der Waals surface area (Å²) < 4.78 is 46.2. The van der Waals surface area contributed by atoms with Crippen molar-refractivity contribution in [2.24, 2.45) is 5.73 Å². The first-order valence-corrected chi connectivity index (χ1v) is 6.52. The number of unbranched alkanes of at least 4 members (excludes halogenated alkanes) is 2. The third-order valence-electron chi connectivity index (χ3n) is 3.16. The Morgan fingerprint density at radius 1 is 1.37 bits per heavy atom. The first kappa shape index (κ1) is 16.2. The standard InChI is InChI=1S/C12H20F3NO3/c1-2-3-4-6-9(10(16)17)18-11(7-5-8-11)19-12(13,14)15/h9H,2-8H2,1H3,(H2,16,17). The van der Waals surface area contributed by atoms with Gasteiger partial charge in [0.25, 0.3) is 0 Å². The number of carbonyl (C=O) groups is 1. The number of carbonyl (C=O) groups excluding carboxylic acids is 1. The molecule has 1 rings (SSSR count). The zero-order valence-electron chi connectivity index (χ0n) is 11.0. The van der Waals surface area contributed by atoms with Crippen molar-refractivity contribution in [2.45, 2.75) is 70.1 Å². The summed E-state index contributed by atoms with van der Waals surface area (Å²) >= 11 is 0. The van der Waals surface area contributed by atoms with E-state index in [0.717, 1.165) is 12.8 Å². The largest absolute Gasteiger partial charge is 0.524 e. The minimum absolute atomic E-state index is 0.129. The minimum atomic E-state index is -4.77. The molecule has 0 radical (unpaired) electrons. The highest BCUT2D eigenvalue weighted by Crippen LogP contribution is 2.42. The maximum absolute atomic E-state index is 12.3. The lowest BCUT2D eigenvalue weighted by molar-refractivity contribution is -0.438. The van der Waals surface area contributed by atoms with Gasteiger partial charge in [-0.2, -0.15) is 0 Å². The second-order valence-corrected chi connectivity index (χ2v) is 4.82. The van der Waals surface area contributed by atoms with Crippen molar-refractivity contribution in [3.63, 3.8) is 0 Å². The van der Waals surface area contributed by atoms with Crippen molar-refractivity contribution in [1.29, 1.82) is 0 Å². The summed E-state index contributed by atoms with van der Waals surface area (Å²) in [6.45, 7) is 1.99. The molecule has 1 aliphatic rings. The molecule has 0 saturated heterocycles. The van der Waals surface area contributed by atoms with Gasteiger partial charge in [0.1, 0.15) is 6.10 Å². The fourth-order valence-electron chi connectivity index (χ4n) is 2.02. The minimum Gasteiger partial charge on any atom is -0.367 e. The van der Waals surface area contributed by atoms with Gasteiger partial charge in [0.05, 0.1) is 0 Å². The molecule has 0 aliphatic heterocycles. The fourth-order valence-corrected chi connectivity index (χ4v) is 2.02. The molecule has 1 amide bonds. The summed E-state index contributed by atoms with van der Waals surface area (Å²) in [6, 6.07) is 0. The van der Waals surface area contributed by atoms with Crippen molar-refractivity contribution in [3.05, 3.63) is 0 Å². The van der Waals surface area contributed by atoms with E-state index in [0.29, 0.717) is 19.3 Å². The molecule has 0 bridgehead atoms.